The van der Waals surface area contributed by atoms with Crippen LogP contribution in [0.3, 0.4) is 0 Å². The van der Waals surface area contributed by atoms with Gasteiger partial charge in [0.2, 0.25) is 0 Å². The molecule has 0 atom stereocenters. The molecular weight excluding hydrogens is 506 g/mol. The Morgan fingerprint density at radius 3 is 2.15 bits per heavy atom. The monoisotopic (exact) mass is 545 g/mol. The number of carbonyl (C=O) groups excluding carboxylic acids is 2. The Kier molecular flexibility index (Phi) is 8.03. The molecule has 0 amide bonds. The standard InChI is InChI=1S/C33H39NO6/c1-8-10-20-14-21(15-26(39-7)31(20)40-13-9-2)28-29-22(16-32(3,4)18-24(29)35)34(12-11-27(37)38)23-17-33(5,6)19-25(36)30(23)28/h2,8,14-15,28H,1,10-13,16-19H2,3-7H3,(H,37,38). The van der Waals surface area contributed by atoms with E-state index in [0.29, 0.717) is 54.7 Å². The molecule has 0 saturated carbocycles. The van der Waals surface area contributed by atoms with Crippen molar-refractivity contribution < 1.29 is 29.0 Å². The molecule has 7 heteroatoms. The number of aliphatic carboxylic acids is 1. The first-order valence-electron chi connectivity index (χ1n) is 13.7. The molecule has 4 rings (SSSR count). The second-order valence-electron chi connectivity index (χ2n) is 12.5. The van der Waals surface area contributed by atoms with Crippen molar-refractivity contribution >= 4 is 17.5 Å². The van der Waals surface area contributed by atoms with E-state index in [2.05, 4.69) is 40.2 Å². The molecule has 0 saturated heterocycles. The largest absolute Gasteiger partial charge is 0.493 e. The molecule has 1 aliphatic heterocycles. The van der Waals surface area contributed by atoms with Gasteiger partial charge in [0.25, 0.3) is 0 Å². The second-order valence-corrected chi connectivity index (χ2v) is 12.5. The van der Waals surface area contributed by atoms with Crippen LogP contribution in [0.1, 0.15) is 76.8 Å². The van der Waals surface area contributed by atoms with Gasteiger partial charge in [-0.1, -0.05) is 45.8 Å². The lowest BCUT2D eigenvalue weighted by Crippen LogP contribution is -2.45. The highest BCUT2D eigenvalue weighted by atomic mass is 16.5. The predicted molar refractivity (Wildman–Crippen MR) is 153 cm³/mol. The Bertz CT molecular complexity index is 1320. The van der Waals surface area contributed by atoms with E-state index in [1.54, 1.807) is 13.2 Å². The molecule has 0 radical (unpaired) electrons. The zero-order valence-corrected chi connectivity index (χ0v) is 24.2. The number of carboxylic acid groups (broad SMARTS) is 1. The van der Waals surface area contributed by atoms with Crippen molar-refractivity contribution in [2.75, 3.05) is 20.3 Å². The lowest BCUT2D eigenvalue weighted by Gasteiger charge is -2.49. The van der Waals surface area contributed by atoms with Crippen LogP contribution in [0.25, 0.3) is 0 Å². The van der Waals surface area contributed by atoms with Crippen LogP contribution in [0.2, 0.25) is 0 Å². The molecule has 1 heterocycles. The maximum atomic E-state index is 14.0. The Hall–Kier alpha value is -3.79. The zero-order valence-electron chi connectivity index (χ0n) is 24.2. The highest BCUT2D eigenvalue weighted by molar-refractivity contribution is 6.07. The molecule has 0 fully saturated rings. The second kappa shape index (κ2) is 11.0. The summed E-state index contributed by atoms with van der Waals surface area (Å²) < 4.78 is 11.6. The Labute approximate surface area is 236 Å². The number of ketones is 2. The third-order valence-electron chi connectivity index (χ3n) is 7.94. The van der Waals surface area contributed by atoms with E-state index in [1.165, 1.54) is 0 Å². The Morgan fingerprint density at radius 2 is 1.68 bits per heavy atom. The topological polar surface area (TPSA) is 93.1 Å². The summed E-state index contributed by atoms with van der Waals surface area (Å²) >= 11 is 0. The van der Waals surface area contributed by atoms with Crippen LogP contribution in [0.15, 0.2) is 47.3 Å². The number of hydrogen-bond acceptors (Lipinski definition) is 6. The molecule has 0 aromatic heterocycles. The fraction of sp³-hybridized carbons (Fsp3) is 0.485. The van der Waals surface area contributed by atoms with Gasteiger partial charge in [0.05, 0.1) is 13.5 Å². The van der Waals surface area contributed by atoms with Gasteiger partial charge < -0.3 is 19.5 Å². The van der Waals surface area contributed by atoms with Crippen LogP contribution in [-0.2, 0) is 20.8 Å². The summed E-state index contributed by atoms with van der Waals surface area (Å²) in [7, 11) is 1.55. The Morgan fingerprint density at radius 1 is 1.10 bits per heavy atom. The first-order valence-corrected chi connectivity index (χ1v) is 13.7. The van der Waals surface area contributed by atoms with E-state index in [0.717, 1.165) is 22.5 Å². The minimum atomic E-state index is -0.921. The average Bonchev–Trinajstić information content (AvgIpc) is 2.84. The van der Waals surface area contributed by atoms with Crippen molar-refractivity contribution in [2.45, 2.75) is 72.1 Å². The molecule has 1 aromatic rings. The van der Waals surface area contributed by atoms with Gasteiger partial charge in [0.1, 0.15) is 6.61 Å². The number of rotatable bonds is 9. The fourth-order valence-corrected chi connectivity index (χ4v) is 6.45. The maximum Gasteiger partial charge on any atom is 0.305 e. The third kappa shape index (κ3) is 5.58. The van der Waals surface area contributed by atoms with Gasteiger partial charge in [-0.15, -0.1) is 13.0 Å². The van der Waals surface area contributed by atoms with Crippen molar-refractivity contribution in [1.29, 1.82) is 0 Å². The molecule has 0 bridgehead atoms. The minimum Gasteiger partial charge on any atom is -0.493 e. The van der Waals surface area contributed by atoms with Crippen molar-refractivity contribution in [3.63, 3.8) is 0 Å². The van der Waals surface area contributed by atoms with E-state index < -0.39 is 11.9 Å². The van der Waals surface area contributed by atoms with Crippen molar-refractivity contribution in [1.82, 2.24) is 4.90 Å². The fourth-order valence-electron chi connectivity index (χ4n) is 6.45. The number of carboxylic acids is 1. The zero-order chi connectivity index (χ0) is 29.4. The molecule has 3 aliphatic rings. The lowest BCUT2D eigenvalue weighted by molar-refractivity contribution is -0.137. The summed E-state index contributed by atoms with van der Waals surface area (Å²) in [4.78, 5) is 41.6. The van der Waals surface area contributed by atoms with Crippen LogP contribution in [-0.4, -0.2) is 47.8 Å². The average molecular weight is 546 g/mol. The van der Waals surface area contributed by atoms with E-state index in [9.17, 15) is 19.5 Å². The number of ether oxygens (including phenoxy) is 2. The highest BCUT2D eigenvalue weighted by Crippen LogP contribution is 2.55. The molecule has 2 aliphatic carbocycles. The number of allylic oxidation sites excluding steroid dienone is 5. The highest BCUT2D eigenvalue weighted by Gasteiger charge is 2.49. The molecule has 1 N–H and O–H groups in total. The number of methoxy groups -OCH3 is 1. The molecule has 40 heavy (non-hydrogen) atoms. The molecule has 212 valence electrons. The first kappa shape index (κ1) is 29.2. The van der Waals surface area contributed by atoms with Crippen LogP contribution in [0.5, 0.6) is 11.5 Å². The van der Waals surface area contributed by atoms with E-state index in [-0.39, 0.29) is 42.0 Å². The molecule has 7 nitrogen and oxygen atoms in total. The smallest absolute Gasteiger partial charge is 0.305 e. The van der Waals surface area contributed by atoms with Gasteiger partial charge in [-0.2, -0.15) is 0 Å². The number of carbonyl (C=O) groups is 3. The van der Waals surface area contributed by atoms with E-state index in [4.69, 9.17) is 15.9 Å². The van der Waals surface area contributed by atoms with Crippen molar-refractivity contribution in [3.8, 4) is 23.8 Å². The van der Waals surface area contributed by atoms with Gasteiger partial charge in [0, 0.05) is 53.4 Å². The number of terminal acetylenes is 1. The third-order valence-corrected chi connectivity index (χ3v) is 7.94. The maximum absolute atomic E-state index is 14.0. The first-order chi connectivity index (χ1) is 18.8. The summed E-state index contributed by atoms with van der Waals surface area (Å²) in [6, 6.07) is 3.80. The SMILES string of the molecule is C#CCOc1c(CC=C)cc(C2C3=C(CC(C)(C)CC3=O)N(CCC(=O)O)C3=C2C(=O)CC(C)(C)C3)cc1OC. The van der Waals surface area contributed by atoms with Crippen LogP contribution in [0.4, 0.5) is 0 Å². The minimum absolute atomic E-state index is 0.0161. The van der Waals surface area contributed by atoms with Gasteiger partial charge in [-0.25, -0.2) is 0 Å². The van der Waals surface area contributed by atoms with E-state index in [1.807, 2.05) is 17.0 Å². The van der Waals surface area contributed by atoms with E-state index >= 15 is 0 Å². The van der Waals surface area contributed by atoms with Crippen LogP contribution in [0, 0.1) is 23.2 Å². The predicted octanol–water partition coefficient (Wildman–Crippen LogP) is 5.60. The van der Waals surface area contributed by atoms with Gasteiger partial charge in [-0.05, 0) is 41.7 Å². The summed E-state index contributed by atoms with van der Waals surface area (Å²) in [5.41, 5.74) is 3.79. The number of benzene rings is 1. The summed E-state index contributed by atoms with van der Waals surface area (Å²) in [6.45, 7) is 12.4. The quantitative estimate of drug-likeness (QED) is 0.319. The summed E-state index contributed by atoms with van der Waals surface area (Å²) in [5.74, 6) is 1.93. The molecule has 0 unspecified atom stereocenters. The molecule has 1 aromatic carbocycles. The molecule has 0 spiro atoms. The van der Waals surface area contributed by atoms with Crippen molar-refractivity contribution in [3.05, 3.63) is 58.5 Å². The van der Waals surface area contributed by atoms with Crippen LogP contribution < -0.4 is 9.47 Å². The lowest BCUT2D eigenvalue weighted by atomic mass is 9.63. The number of nitrogens with zero attached hydrogens (tertiary/aromatic N) is 1. The van der Waals surface area contributed by atoms with Crippen molar-refractivity contribution in [2.24, 2.45) is 10.8 Å². The van der Waals surface area contributed by atoms with Crippen LogP contribution >= 0.6 is 0 Å². The number of hydrogen-bond donors (Lipinski definition) is 1. The summed E-state index contributed by atoms with van der Waals surface area (Å²) in [5, 5.41) is 9.56. The normalized spacial score (nSPS) is 20.1. The number of Topliss-reactive ketones (excluding diaryl/α,β-unsaturated/α-hetero) is 2. The van der Waals surface area contributed by atoms with Gasteiger partial charge >= 0.3 is 5.97 Å². The summed E-state index contributed by atoms with van der Waals surface area (Å²) in [6.07, 6.45) is 9.49. The Balaban J connectivity index is 2.02. The van der Waals surface area contributed by atoms with Gasteiger partial charge in [-0.3, -0.25) is 14.4 Å². The molecular formula is C33H39NO6. The van der Waals surface area contributed by atoms with Gasteiger partial charge in [0.15, 0.2) is 23.1 Å².